The highest BCUT2D eigenvalue weighted by Crippen LogP contribution is 2.25. The number of nitrogens with two attached hydrogens (primary N) is 1. The zero-order valence-corrected chi connectivity index (χ0v) is 12.9. The van der Waals surface area contributed by atoms with E-state index >= 15 is 0 Å². The Hall–Kier alpha value is -2.43. The Kier molecular flexibility index (Phi) is 4.55. The van der Waals surface area contributed by atoms with Crippen molar-refractivity contribution in [3.8, 4) is 0 Å². The molecular formula is C18H20FN3O. The van der Waals surface area contributed by atoms with E-state index in [4.69, 9.17) is 5.73 Å². The molecule has 0 saturated carbocycles. The van der Waals surface area contributed by atoms with E-state index in [0.717, 1.165) is 25.3 Å². The molecule has 2 aromatic rings. The molecule has 0 amide bonds. The van der Waals surface area contributed by atoms with Gasteiger partial charge in [-0.2, -0.15) is 0 Å². The molecule has 1 aromatic carbocycles. The number of carbonyl (C=O) groups excluding carboxylic acids is 1. The summed E-state index contributed by atoms with van der Waals surface area (Å²) in [6.45, 7) is 1.69. The Bertz CT molecular complexity index is 687. The predicted octanol–water partition coefficient (Wildman–Crippen LogP) is 2.83. The summed E-state index contributed by atoms with van der Waals surface area (Å²) in [6.07, 6.45) is 3.25. The number of pyridine rings is 1. The molecule has 2 heterocycles. The second-order valence-electron chi connectivity index (χ2n) is 6.06. The van der Waals surface area contributed by atoms with Crippen LogP contribution in [0.1, 0.15) is 18.4 Å². The van der Waals surface area contributed by atoms with E-state index in [9.17, 15) is 9.18 Å². The third-order valence-electron chi connectivity index (χ3n) is 4.24. The van der Waals surface area contributed by atoms with Crippen LogP contribution in [0.15, 0.2) is 42.6 Å². The number of rotatable bonds is 5. The van der Waals surface area contributed by atoms with E-state index in [-0.39, 0.29) is 18.0 Å². The van der Waals surface area contributed by atoms with Crippen molar-refractivity contribution in [2.24, 2.45) is 5.92 Å². The molecule has 1 aromatic heterocycles. The van der Waals surface area contributed by atoms with Crippen LogP contribution in [-0.2, 0) is 11.2 Å². The molecular weight excluding hydrogens is 293 g/mol. The fraction of sp³-hybridized carbons (Fsp3) is 0.333. The third-order valence-corrected chi connectivity index (χ3v) is 4.24. The molecule has 5 heteroatoms. The molecule has 0 aliphatic carbocycles. The lowest BCUT2D eigenvalue weighted by molar-refractivity contribution is -0.119. The molecule has 1 unspecified atom stereocenters. The Morgan fingerprint density at radius 2 is 2.13 bits per heavy atom. The second-order valence-corrected chi connectivity index (χ2v) is 6.06. The van der Waals surface area contributed by atoms with E-state index in [1.54, 1.807) is 24.4 Å². The van der Waals surface area contributed by atoms with Crippen molar-refractivity contribution in [3.05, 3.63) is 54.0 Å². The molecule has 1 fully saturated rings. The van der Waals surface area contributed by atoms with Crippen LogP contribution < -0.4 is 10.6 Å². The molecule has 2 N–H and O–H groups in total. The van der Waals surface area contributed by atoms with Gasteiger partial charge in [-0.05, 0) is 36.1 Å². The first-order valence-corrected chi connectivity index (χ1v) is 7.83. The van der Waals surface area contributed by atoms with Gasteiger partial charge in [0.05, 0.1) is 11.9 Å². The van der Waals surface area contributed by atoms with Crippen LogP contribution in [0, 0.1) is 11.7 Å². The predicted molar refractivity (Wildman–Crippen MR) is 88.7 cm³/mol. The quantitative estimate of drug-likeness (QED) is 0.922. The van der Waals surface area contributed by atoms with Crippen molar-refractivity contribution in [1.29, 1.82) is 0 Å². The van der Waals surface area contributed by atoms with Crippen LogP contribution in [0.2, 0.25) is 0 Å². The van der Waals surface area contributed by atoms with Gasteiger partial charge in [0.15, 0.2) is 0 Å². The second kappa shape index (κ2) is 6.77. The summed E-state index contributed by atoms with van der Waals surface area (Å²) in [5.41, 5.74) is 6.77. The summed E-state index contributed by atoms with van der Waals surface area (Å²) in [5, 5.41) is 0. The smallest absolute Gasteiger partial charge is 0.137 e. The van der Waals surface area contributed by atoms with Crippen LogP contribution in [-0.4, -0.2) is 23.9 Å². The average Bonchev–Trinajstić information content (AvgIpc) is 2.98. The fourth-order valence-corrected chi connectivity index (χ4v) is 3.04. The van der Waals surface area contributed by atoms with Crippen molar-refractivity contribution in [2.75, 3.05) is 23.7 Å². The number of nitrogens with zero attached hydrogens (tertiary/aromatic N) is 2. The van der Waals surface area contributed by atoms with E-state index in [0.29, 0.717) is 23.6 Å². The summed E-state index contributed by atoms with van der Waals surface area (Å²) in [6, 6.07) is 10.2. The lowest BCUT2D eigenvalue weighted by Gasteiger charge is -2.17. The number of nitrogen functional groups attached to an aromatic ring is 1. The minimum Gasteiger partial charge on any atom is -0.397 e. The standard InChI is InChI=1S/C18H20FN3O/c19-17-4-2-1-3-14(17)10-16(23)9-13-7-8-22(12-13)18-6-5-15(20)11-21-18/h1-6,11,13H,7-10,12,20H2. The normalized spacial score (nSPS) is 17.4. The molecule has 1 atom stereocenters. The largest absolute Gasteiger partial charge is 0.397 e. The van der Waals surface area contributed by atoms with Gasteiger partial charge in [-0.25, -0.2) is 9.37 Å². The molecule has 1 aliphatic heterocycles. The van der Waals surface area contributed by atoms with Crippen LogP contribution >= 0.6 is 0 Å². The molecule has 120 valence electrons. The van der Waals surface area contributed by atoms with Gasteiger partial charge < -0.3 is 10.6 Å². The van der Waals surface area contributed by atoms with Crippen LogP contribution in [0.3, 0.4) is 0 Å². The molecule has 1 aliphatic rings. The van der Waals surface area contributed by atoms with Gasteiger partial charge in [0.1, 0.15) is 17.4 Å². The van der Waals surface area contributed by atoms with Gasteiger partial charge in [-0.3, -0.25) is 4.79 Å². The number of aromatic nitrogens is 1. The summed E-state index contributed by atoms with van der Waals surface area (Å²) in [7, 11) is 0. The maximum absolute atomic E-state index is 13.6. The first kappa shape index (κ1) is 15.5. The number of halogens is 1. The number of ketones is 1. The lowest BCUT2D eigenvalue weighted by Crippen LogP contribution is -2.21. The van der Waals surface area contributed by atoms with E-state index in [2.05, 4.69) is 9.88 Å². The minimum atomic E-state index is -0.306. The number of carbonyl (C=O) groups is 1. The molecule has 23 heavy (non-hydrogen) atoms. The molecule has 0 radical (unpaired) electrons. The maximum Gasteiger partial charge on any atom is 0.137 e. The molecule has 0 spiro atoms. The van der Waals surface area contributed by atoms with Crippen molar-refractivity contribution >= 4 is 17.3 Å². The Balaban J connectivity index is 1.54. The zero-order valence-electron chi connectivity index (χ0n) is 12.9. The van der Waals surface area contributed by atoms with E-state index in [1.807, 2.05) is 12.1 Å². The summed E-state index contributed by atoms with van der Waals surface area (Å²) in [5.74, 6) is 0.976. The Labute approximate surface area is 135 Å². The van der Waals surface area contributed by atoms with Gasteiger partial charge in [0, 0.05) is 25.9 Å². The highest BCUT2D eigenvalue weighted by molar-refractivity contribution is 5.81. The highest BCUT2D eigenvalue weighted by Gasteiger charge is 2.25. The number of hydrogen-bond donors (Lipinski definition) is 1. The van der Waals surface area contributed by atoms with E-state index in [1.165, 1.54) is 6.07 Å². The fourth-order valence-electron chi connectivity index (χ4n) is 3.04. The molecule has 1 saturated heterocycles. The molecule has 0 bridgehead atoms. The summed E-state index contributed by atoms with van der Waals surface area (Å²) < 4.78 is 13.6. The van der Waals surface area contributed by atoms with Gasteiger partial charge in [0.2, 0.25) is 0 Å². The lowest BCUT2D eigenvalue weighted by atomic mass is 9.97. The van der Waals surface area contributed by atoms with Gasteiger partial charge in [-0.15, -0.1) is 0 Å². The SMILES string of the molecule is Nc1ccc(N2CCC(CC(=O)Cc3ccccc3F)C2)nc1. The number of Topliss-reactive ketones (excluding diaryl/α,β-unsaturated/α-hetero) is 1. The third kappa shape index (κ3) is 3.86. The highest BCUT2D eigenvalue weighted by atomic mass is 19.1. The number of anilines is 2. The van der Waals surface area contributed by atoms with Crippen molar-refractivity contribution in [1.82, 2.24) is 4.98 Å². The van der Waals surface area contributed by atoms with Crippen LogP contribution in [0.25, 0.3) is 0 Å². The van der Waals surface area contributed by atoms with Gasteiger partial charge in [0.25, 0.3) is 0 Å². The summed E-state index contributed by atoms with van der Waals surface area (Å²) >= 11 is 0. The monoisotopic (exact) mass is 313 g/mol. The summed E-state index contributed by atoms with van der Waals surface area (Å²) in [4.78, 5) is 18.7. The van der Waals surface area contributed by atoms with Crippen LogP contribution in [0.4, 0.5) is 15.9 Å². The van der Waals surface area contributed by atoms with Crippen molar-refractivity contribution < 1.29 is 9.18 Å². The van der Waals surface area contributed by atoms with Gasteiger partial charge in [-0.1, -0.05) is 18.2 Å². The minimum absolute atomic E-state index is 0.0900. The van der Waals surface area contributed by atoms with E-state index < -0.39 is 0 Å². The van der Waals surface area contributed by atoms with Gasteiger partial charge >= 0.3 is 0 Å². The number of hydrogen-bond acceptors (Lipinski definition) is 4. The first-order valence-electron chi connectivity index (χ1n) is 7.83. The molecule has 3 rings (SSSR count). The van der Waals surface area contributed by atoms with Crippen LogP contribution in [0.5, 0.6) is 0 Å². The topological polar surface area (TPSA) is 59.2 Å². The maximum atomic E-state index is 13.6. The average molecular weight is 313 g/mol. The van der Waals surface area contributed by atoms with Crippen molar-refractivity contribution in [2.45, 2.75) is 19.3 Å². The first-order chi connectivity index (χ1) is 11.1. The Morgan fingerprint density at radius 3 is 2.87 bits per heavy atom. The number of benzene rings is 1. The Morgan fingerprint density at radius 1 is 1.30 bits per heavy atom. The zero-order chi connectivity index (χ0) is 16.2. The van der Waals surface area contributed by atoms with Crippen molar-refractivity contribution in [3.63, 3.8) is 0 Å². The molecule has 4 nitrogen and oxygen atoms in total.